The number of rotatable bonds is 12. The van der Waals surface area contributed by atoms with Crippen molar-refractivity contribution in [2.75, 3.05) is 41.3 Å². The first kappa shape index (κ1) is 34.6. The van der Waals surface area contributed by atoms with Gasteiger partial charge in [-0.1, -0.05) is 71.6 Å². The van der Waals surface area contributed by atoms with Crippen LogP contribution in [0.2, 0.25) is 0 Å². The van der Waals surface area contributed by atoms with Crippen molar-refractivity contribution in [1.29, 1.82) is 0 Å². The van der Waals surface area contributed by atoms with Gasteiger partial charge in [-0.2, -0.15) is 15.0 Å². The number of nitrogens with zero attached hydrogens (tertiary/aromatic N) is 3. The summed E-state index contributed by atoms with van der Waals surface area (Å²) in [5.41, 5.74) is 1.08. The van der Waals surface area contributed by atoms with Gasteiger partial charge in [0.2, 0.25) is 17.8 Å². The molecule has 3 rings (SSSR count). The van der Waals surface area contributed by atoms with E-state index in [1.165, 1.54) is 32.1 Å². The largest absolute Gasteiger partial charge is 0.354 e. The first-order valence-electron chi connectivity index (χ1n) is 14.9. The molecule has 2 aromatic rings. The normalized spacial score (nSPS) is 16.8. The summed E-state index contributed by atoms with van der Waals surface area (Å²) in [6, 6.07) is 7.04. The molecule has 0 atom stereocenters. The molecule has 0 bridgehead atoms. The molecular weight excluding hydrogens is 508 g/mol. The number of aryl methyl sites for hydroxylation is 1. The fraction of sp³-hybridized carbons (Fsp3) is 0.700. The Bertz CT molecular complexity index is 996. The second-order valence-electron chi connectivity index (χ2n) is 10.4. The summed E-state index contributed by atoms with van der Waals surface area (Å²) in [5.74, 6) is 4.27. The number of sulfone groups is 1. The van der Waals surface area contributed by atoms with Crippen LogP contribution in [0.4, 0.5) is 17.8 Å². The van der Waals surface area contributed by atoms with Crippen molar-refractivity contribution in [3.8, 4) is 0 Å². The van der Waals surface area contributed by atoms with Crippen molar-refractivity contribution in [3.63, 3.8) is 0 Å². The summed E-state index contributed by atoms with van der Waals surface area (Å²) in [4.78, 5) is 13.7. The van der Waals surface area contributed by atoms with Gasteiger partial charge in [0.05, 0.1) is 10.6 Å². The van der Waals surface area contributed by atoms with Crippen molar-refractivity contribution >= 4 is 27.7 Å². The highest BCUT2D eigenvalue weighted by atomic mass is 32.2. The second kappa shape index (κ2) is 18.8. The zero-order chi connectivity index (χ0) is 29.3. The number of benzene rings is 1. The van der Waals surface area contributed by atoms with Gasteiger partial charge in [-0.3, -0.25) is 0 Å². The summed E-state index contributed by atoms with van der Waals surface area (Å²) in [6.07, 6.45) is 7.41. The molecule has 0 radical (unpaired) electrons. The first-order chi connectivity index (χ1) is 18.7. The van der Waals surface area contributed by atoms with E-state index >= 15 is 0 Å². The van der Waals surface area contributed by atoms with E-state index in [9.17, 15) is 8.42 Å². The van der Waals surface area contributed by atoms with Gasteiger partial charge < -0.3 is 16.0 Å². The molecule has 0 spiro atoms. The van der Waals surface area contributed by atoms with E-state index in [1.54, 1.807) is 12.1 Å². The molecule has 1 saturated carbocycles. The molecule has 3 N–H and O–H groups in total. The molecule has 39 heavy (non-hydrogen) atoms. The summed E-state index contributed by atoms with van der Waals surface area (Å²) >= 11 is 0. The molecule has 1 aromatic carbocycles. The van der Waals surface area contributed by atoms with E-state index in [2.05, 4.69) is 37.8 Å². The van der Waals surface area contributed by atoms with Gasteiger partial charge in [0.1, 0.15) is 0 Å². The average Bonchev–Trinajstić information content (AvgIpc) is 2.93. The van der Waals surface area contributed by atoms with Crippen LogP contribution < -0.4 is 16.0 Å². The van der Waals surface area contributed by atoms with Crippen molar-refractivity contribution < 1.29 is 8.42 Å². The van der Waals surface area contributed by atoms with Gasteiger partial charge >= 0.3 is 0 Å². The molecular formula is C30H54N6O2S. The molecule has 1 fully saturated rings. The number of hydrogen-bond acceptors (Lipinski definition) is 8. The standard InChI is InChI=1S/C16H30N6.C12H18O2S.C2H6/c1-4-12-7-9-13(10-8-12)11-19-16-21-14(17-5-2)20-15(22-16)18-6-3;1-10(2)8-9-15(13,14)12-6-4-11(3)5-7-12;1-2/h12-13H,4-11H2,1-3H3,(H3,17,18,19,20,21,22);4-7,10H,8-9H2,1-3H3;1-2H3. The zero-order valence-electron chi connectivity index (χ0n) is 25.7. The Hall–Kier alpha value is -2.42. The summed E-state index contributed by atoms with van der Waals surface area (Å²) < 4.78 is 23.7. The lowest BCUT2D eigenvalue weighted by Gasteiger charge is -2.27. The third-order valence-corrected chi connectivity index (χ3v) is 8.51. The van der Waals surface area contributed by atoms with Crippen molar-refractivity contribution in [1.82, 2.24) is 15.0 Å². The summed E-state index contributed by atoms with van der Waals surface area (Å²) in [5, 5.41) is 9.71. The Kier molecular flexibility index (Phi) is 16.7. The molecule has 0 amide bonds. The van der Waals surface area contributed by atoms with E-state index in [-0.39, 0.29) is 5.75 Å². The number of anilines is 3. The molecule has 8 nitrogen and oxygen atoms in total. The molecule has 1 aliphatic rings. The monoisotopic (exact) mass is 562 g/mol. The maximum absolute atomic E-state index is 11.8. The van der Waals surface area contributed by atoms with Crippen LogP contribution in [-0.2, 0) is 9.84 Å². The smallest absolute Gasteiger partial charge is 0.229 e. The lowest BCUT2D eigenvalue weighted by molar-refractivity contribution is 0.278. The van der Waals surface area contributed by atoms with Gasteiger partial charge in [0.25, 0.3) is 0 Å². The molecule has 222 valence electrons. The lowest BCUT2D eigenvalue weighted by atomic mass is 9.81. The van der Waals surface area contributed by atoms with Crippen LogP contribution in [0.25, 0.3) is 0 Å². The number of hydrogen-bond donors (Lipinski definition) is 3. The minimum Gasteiger partial charge on any atom is -0.354 e. The predicted molar refractivity (Wildman–Crippen MR) is 166 cm³/mol. The molecule has 1 aromatic heterocycles. The minimum absolute atomic E-state index is 0.244. The fourth-order valence-corrected chi connectivity index (χ4v) is 5.83. The van der Waals surface area contributed by atoms with Crippen LogP contribution in [0.15, 0.2) is 29.2 Å². The average molecular weight is 563 g/mol. The fourth-order valence-electron chi connectivity index (χ4n) is 4.26. The topological polar surface area (TPSA) is 109 Å². The van der Waals surface area contributed by atoms with Crippen LogP contribution in [0.3, 0.4) is 0 Å². The zero-order valence-corrected chi connectivity index (χ0v) is 26.5. The Labute approximate surface area is 238 Å². The Morgan fingerprint density at radius 3 is 1.69 bits per heavy atom. The Balaban J connectivity index is 0.000000391. The van der Waals surface area contributed by atoms with Gasteiger partial charge in [-0.15, -0.1) is 0 Å². The lowest BCUT2D eigenvalue weighted by Crippen LogP contribution is -2.22. The third kappa shape index (κ3) is 13.5. The highest BCUT2D eigenvalue weighted by molar-refractivity contribution is 7.91. The quantitative estimate of drug-likeness (QED) is 0.249. The van der Waals surface area contributed by atoms with Crippen LogP contribution in [0.5, 0.6) is 0 Å². The maximum atomic E-state index is 11.8. The van der Waals surface area contributed by atoms with E-state index < -0.39 is 9.84 Å². The Morgan fingerprint density at radius 1 is 0.795 bits per heavy atom. The van der Waals surface area contributed by atoms with Crippen molar-refractivity contribution in [3.05, 3.63) is 29.8 Å². The van der Waals surface area contributed by atoms with Crippen molar-refractivity contribution in [2.24, 2.45) is 17.8 Å². The molecule has 1 heterocycles. The van der Waals surface area contributed by atoms with E-state index in [0.29, 0.717) is 28.7 Å². The number of nitrogens with one attached hydrogen (secondary N) is 3. The summed E-state index contributed by atoms with van der Waals surface area (Å²) in [7, 11) is -3.07. The van der Waals surface area contributed by atoms with E-state index in [0.717, 1.165) is 43.5 Å². The van der Waals surface area contributed by atoms with Crippen LogP contribution in [0.1, 0.15) is 92.6 Å². The van der Waals surface area contributed by atoms with Crippen molar-refractivity contribution in [2.45, 2.75) is 98.8 Å². The Morgan fingerprint density at radius 2 is 1.26 bits per heavy atom. The predicted octanol–water partition coefficient (Wildman–Crippen LogP) is 7.20. The second-order valence-corrected chi connectivity index (χ2v) is 12.5. The highest BCUT2D eigenvalue weighted by Crippen LogP contribution is 2.30. The molecule has 0 aliphatic heterocycles. The van der Waals surface area contributed by atoms with Gasteiger partial charge in [0, 0.05) is 19.6 Å². The third-order valence-electron chi connectivity index (χ3n) is 6.74. The van der Waals surface area contributed by atoms with Crippen LogP contribution in [-0.4, -0.2) is 48.8 Å². The maximum Gasteiger partial charge on any atom is 0.229 e. The van der Waals surface area contributed by atoms with Gasteiger partial charge in [-0.05, 0) is 69.9 Å². The van der Waals surface area contributed by atoms with Gasteiger partial charge in [-0.25, -0.2) is 8.42 Å². The first-order valence-corrected chi connectivity index (χ1v) is 16.6. The van der Waals surface area contributed by atoms with Gasteiger partial charge in [0.15, 0.2) is 9.84 Å². The van der Waals surface area contributed by atoms with Crippen LogP contribution in [0, 0.1) is 24.7 Å². The van der Waals surface area contributed by atoms with E-state index in [4.69, 9.17) is 0 Å². The van der Waals surface area contributed by atoms with Crippen LogP contribution >= 0.6 is 0 Å². The number of aromatic nitrogens is 3. The molecule has 9 heteroatoms. The summed E-state index contributed by atoms with van der Waals surface area (Å²) in [6.45, 7) is 19.0. The minimum atomic E-state index is -3.07. The van der Waals surface area contributed by atoms with E-state index in [1.807, 2.05) is 60.6 Å². The molecule has 1 aliphatic carbocycles. The SMILES string of the molecule is CC.CCNc1nc(NCC)nc(NCC2CCC(CC)CC2)n1.Cc1ccc(S(=O)(=O)CCC(C)C)cc1. The highest BCUT2D eigenvalue weighted by Gasteiger charge is 2.20. The molecule has 0 saturated heterocycles. The molecule has 0 unspecified atom stereocenters.